The smallest absolute Gasteiger partial charge is 0.165 e. The summed E-state index contributed by atoms with van der Waals surface area (Å²) in [6.45, 7) is 4.44. The van der Waals surface area contributed by atoms with Crippen LogP contribution in [0, 0.1) is 5.92 Å². The maximum Gasteiger partial charge on any atom is 0.165 e. The van der Waals surface area contributed by atoms with Crippen molar-refractivity contribution in [1.29, 1.82) is 0 Å². The highest BCUT2D eigenvalue weighted by Gasteiger charge is 2.27. The molecule has 1 N–H and O–H groups in total. The summed E-state index contributed by atoms with van der Waals surface area (Å²) in [5, 5.41) is 15.2. The lowest BCUT2D eigenvalue weighted by Gasteiger charge is -2.31. The van der Waals surface area contributed by atoms with E-state index in [1.165, 1.54) is 19.3 Å². The van der Waals surface area contributed by atoms with Gasteiger partial charge in [-0.15, -0.1) is 5.10 Å². The van der Waals surface area contributed by atoms with Gasteiger partial charge in [0.15, 0.2) is 5.82 Å². The second-order valence-electron chi connectivity index (χ2n) is 4.64. The standard InChI is InChI=1S/C11H21N5O/c1-9(10-4-3-5-10)16-11(13-14-15-16)8-12-6-7-17-2/h9-10,12H,3-8H2,1-2H3. The number of aromatic nitrogens is 4. The second kappa shape index (κ2) is 6.07. The molecule has 1 aliphatic rings. The molecule has 0 saturated heterocycles. The highest BCUT2D eigenvalue weighted by molar-refractivity contribution is 4.87. The number of methoxy groups -OCH3 is 1. The van der Waals surface area contributed by atoms with Crippen LogP contribution < -0.4 is 5.32 Å². The third-order valence-corrected chi connectivity index (χ3v) is 3.54. The Labute approximate surface area is 102 Å². The van der Waals surface area contributed by atoms with Crippen molar-refractivity contribution in [3.05, 3.63) is 5.82 Å². The second-order valence-corrected chi connectivity index (χ2v) is 4.64. The molecule has 2 rings (SSSR count). The van der Waals surface area contributed by atoms with E-state index >= 15 is 0 Å². The molecular formula is C11H21N5O. The van der Waals surface area contributed by atoms with Crippen molar-refractivity contribution in [3.8, 4) is 0 Å². The Morgan fingerprint density at radius 1 is 1.53 bits per heavy atom. The van der Waals surface area contributed by atoms with Gasteiger partial charge >= 0.3 is 0 Å². The molecule has 6 nitrogen and oxygen atoms in total. The highest BCUT2D eigenvalue weighted by Crippen LogP contribution is 2.35. The lowest BCUT2D eigenvalue weighted by molar-refractivity contribution is 0.195. The summed E-state index contributed by atoms with van der Waals surface area (Å²) >= 11 is 0. The van der Waals surface area contributed by atoms with Crippen molar-refractivity contribution in [2.24, 2.45) is 5.92 Å². The zero-order chi connectivity index (χ0) is 12.1. The number of rotatable bonds is 7. The van der Waals surface area contributed by atoms with E-state index < -0.39 is 0 Å². The van der Waals surface area contributed by atoms with Crippen molar-refractivity contribution < 1.29 is 4.74 Å². The van der Waals surface area contributed by atoms with Gasteiger partial charge in [-0.25, -0.2) is 4.68 Å². The lowest BCUT2D eigenvalue weighted by Crippen LogP contribution is -2.27. The van der Waals surface area contributed by atoms with Crippen LogP contribution in [0.3, 0.4) is 0 Å². The van der Waals surface area contributed by atoms with E-state index in [1.807, 2.05) is 4.68 Å². The van der Waals surface area contributed by atoms with Crippen LogP contribution in [0.25, 0.3) is 0 Å². The summed E-state index contributed by atoms with van der Waals surface area (Å²) in [6.07, 6.45) is 3.95. The number of ether oxygens (including phenoxy) is 1. The van der Waals surface area contributed by atoms with E-state index in [2.05, 4.69) is 27.8 Å². The first-order valence-electron chi connectivity index (χ1n) is 6.29. The monoisotopic (exact) mass is 239 g/mol. The molecule has 1 heterocycles. The summed E-state index contributed by atoms with van der Waals surface area (Å²) in [4.78, 5) is 0. The first-order valence-corrected chi connectivity index (χ1v) is 6.29. The number of nitrogens with one attached hydrogen (secondary N) is 1. The molecule has 1 aromatic heterocycles. The van der Waals surface area contributed by atoms with Gasteiger partial charge in [-0.2, -0.15) is 0 Å². The van der Waals surface area contributed by atoms with E-state index in [1.54, 1.807) is 7.11 Å². The third-order valence-electron chi connectivity index (χ3n) is 3.54. The van der Waals surface area contributed by atoms with E-state index in [-0.39, 0.29) is 0 Å². The van der Waals surface area contributed by atoms with Gasteiger partial charge in [0, 0.05) is 13.7 Å². The highest BCUT2D eigenvalue weighted by atomic mass is 16.5. The van der Waals surface area contributed by atoms with Gasteiger partial charge in [-0.1, -0.05) is 6.42 Å². The Bertz CT molecular complexity index is 336. The van der Waals surface area contributed by atoms with Gasteiger partial charge < -0.3 is 10.1 Å². The molecule has 1 atom stereocenters. The van der Waals surface area contributed by atoms with Gasteiger partial charge in [-0.3, -0.25) is 0 Å². The normalized spacial score (nSPS) is 18.0. The topological polar surface area (TPSA) is 64.9 Å². The molecule has 0 bridgehead atoms. The minimum atomic E-state index is 0.415. The number of nitrogens with zero attached hydrogens (tertiary/aromatic N) is 4. The third kappa shape index (κ3) is 3.01. The van der Waals surface area contributed by atoms with Crippen molar-refractivity contribution in [3.63, 3.8) is 0 Å². The zero-order valence-electron chi connectivity index (χ0n) is 10.6. The van der Waals surface area contributed by atoms with Crippen molar-refractivity contribution in [2.75, 3.05) is 20.3 Å². The molecule has 96 valence electrons. The van der Waals surface area contributed by atoms with Gasteiger partial charge in [0.1, 0.15) is 0 Å². The molecule has 0 radical (unpaired) electrons. The van der Waals surface area contributed by atoms with E-state index in [0.29, 0.717) is 19.2 Å². The summed E-state index contributed by atoms with van der Waals surface area (Å²) in [5.41, 5.74) is 0. The van der Waals surface area contributed by atoms with E-state index in [9.17, 15) is 0 Å². The Balaban J connectivity index is 1.86. The summed E-state index contributed by atoms with van der Waals surface area (Å²) in [6, 6.07) is 0.415. The average Bonchev–Trinajstić information content (AvgIpc) is 2.70. The molecule has 1 unspecified atom stereocenters. The Hall–Kier alpha value is -1.01. The lowest BCUT2D eigenvalue weighted by atomic mass is 9.80. The fourth-order valence-corrected chi connectivity index (χ4v) is 2.14. The first-order chi connectivity index (χ1) is 8.33. The molecule has 1 aliphatic carbocycles. The summed E-state index contributed by atoms with van der Waals surface area (Å²) in [5.74, 6) is 1.66. The van der Waals surface area contributed by atoms with Crippen molar-refractivity contribution in [1.82, 2.24) is 25.5 Å². The number of hydrogen-bond donors (Lipinski definition) is 1. The van der Waals surface area contributed by atoms with Crippen LogP contribution in [0.5, 0.6) is 0 Å². The van der Waals surface area contributed by atoms with Crippen LogP contribution in [-0.2, 0) is 11.3 Å². The minimum Gasteiger partial charge on any atom is -0.383 e. The predicted molar refractivity (Wildman–Crippen MR) is 63.5 cm³/mol. The van der Waals surface area contributed by atoms with Crippen LogP contribution in [0.1, 0.15) is 38.1 Å². The molecule has 1 saturated carbocycles. The Kier molecular flexibility index (Phi) is 4.44. The summed E-state index contributed by atoms with van der Waals surface area (Å²) in [7, 11) is 1.70. The number of tetrazole rings is 1. The van der Waals surface area contributed by atoms with Gasteiger partial charge in [0.05, 0.1) is 19.2 Å². The molecule has 0 aromatic carbocycles. The molecule has 6 heteroatoms. The van der Waals surface area contributed by atoms with Gasteiger partial charge in [0.2, 0.25) is 0 Å². The minimum absolute atomic E-state index is 0.415. The fraction of sp³-hybridized carbons (Fsp3) is 0.909. The maximum atomic E-state index is 4.98. The molecular weight excluding hydrogens is 218 g/mol. The van der Waals surface area contributed by atoms with E-state index in [0.717, 1.165) is 18.3 Å². The molecule has 1 aromatic rings. The first kappa shape index (κ1) is 12.4. The summed E-state index contributed by atoms with van der Waals surface area (Å²) < 4.78 is 6.94. The average molecular weight is 239 g/mol. The zero-order valence-corrected chi connectivity index (χ0v) is 10.6. The molecule has 0 spiro atoms. The van der Waals surface area contributed by atoms with Crippen LogP contribution in [0.2, 0.25) is 0 Å². The number of hydrogen-bond acceptors (Lipinski definition) is 5. The quantitative estimate of drug-likeness (QED) is 0.712. The van der Waals surface area contributed by atoms with Crippen molar-refractivity contribution >= 4 is 0 Å². The predicted octanol–water partition coefficient (Wildman–Crippen LogP) is 0.770. The molecule has 0 aliphatic heterocycles. The molecule has 17 heavy (non-hydrogen) atoms. The van der Waals surface area contributed by atoms with Crippen LogP contribution in [0.4, 0.5) is 0 Å². The molecule has 0 amide bonds. The van der Waals surface area contributed by atoms with Crippen LogP contribution in [0.15, 0.2) is 0 Å². The van der Waals surface area contributed by atoms with Gasteiger partial charge in [-0.05, 0) is 36.1 Å². The Morgan fingerprint density at radius 3 is 3.00 bits per heavy atom. The SMILES string of the molecule is COCCNCc1nnnn1C(C)C1CCC1. The van der Waals surface area contributed by atoms with Crippen molar-refractivity contribution in [2.45, 2.75) is 38.8 Å². The Morgan fingerprint density at radius 2 is 2.35 bits per heavy atom. The van der Waals surface area contributed by atoms with Crippen LogP contribution >= 0.6 is 0 Å². The van der Waals surface area contributed by atoms with Gasteiger partial charge in [0.25, 0.3) is 0 Å². The van der Waals surface area contributed by atoms with Crippen LogP contribution in [-0.4, -0.2) is 40.5 Å². The maximum absolute atomic E-state index is 4.98. The fourth-order valence-electron chi connectivity index (χ4n) is 2.14. The molecule has 1 fully saturated rings. The largest absolute Gasteiger partial charge is 0.383 e. The van der Waals surface area contributed by atoms with E-state index in [4.69, 9.17) is 4.74 Å².